The summed E-state index contributed by atoms with van der Waals surface area (Å²) in [6.45, 7) is 1.70. The number of nitrogens with zero attached hydrogens (tertiary/aromatic N) is 3. The van der Waals surface area contributed by atoms with Gasteiger partial charge < -0.3 is 9.73 Å². The van der Waals surface area contributed by atoms with Crippen molar-refractivity contribution in [1.82, 2.24) is 14.4 Å². The van der Waals surface area contributed by atoms with E-state index in [1.807, 2.05) is 0 Å². The van der Waals surface area contributed by atoms with Crippen LogP contribution in [0.3, 0.4) is 0 Å². The van der Waals surface area contributed by atoms with Crippen molar-refractivity contribution in [3.8, 4) is 0 Å². The summed E-state index contributed by atoms with van der Waals surface area (Å²) in [6, 6.07) is -0.0743. The molecule has 0 aliphatic carbocycles. The topological polar surface area (TPSA) is 102 Å². The van der Waals surface area contributed by atoms with Gasteiger partial charge in [-0.25, -0.2) is 9.71 Å². The van der Waals surface area contributed by atoms with Crippen LogP contribution in [-0.2, 0) is 10.0 Å². The van der Waals surface area contributed by atoms with E-state index in [-0.39, 0.29) is 16.9 Å². The van der Waals surface area contributed by atoms with Crippen molar-refractivity contribution in [3.05, 3.63) is 23.5 Å². The molecule has 0 aliphatic heterocycles. The van der Waals surface area contributed by atoms with Gasteiger partial charge in [0.25, 0.3) is 10.0 Å². The van der Waals surface area contributed by atoms with E-state index in [2.05, 4.69) is 20.0 Å². The molecule has 0 spiro atoms. The SMILES string of the molecule is CNc1nc2sccn2c1S(=O)(=O)Nc1nc(C)co1. The first-order valence-electron chi connectivity index (χ1n) is 5.59. The number of aromatic nitrogens is 3. The molecule has 106 valence electrons. The summed E-state index contributed by atoms with van der Waals surface area (Å²) in [5.74, 6) is 0.271. The van der Waals surface area contributed by atoms with Gasteiger partial charge in [-0.05, 0) is 6.92 Å². The molecule has 0 fully saturated rings. The van der Waals surface area contributed by atoms with Crippen LogP contribution in [0.25, 0.3) is 4.96 Å². The molecule has 20 heavy (non-hydrogen) atoms. The van der Waals surface area contributed by atoms with Gasteiger partial charge in [0.05, 0.1) is 5.69 Å². The number of rotatable bonds is 4. The van der Waals surface area contributed by atoms with Crippen molar-refractivity contribution in [3.63, 3.8) is 0 Å². The quantitative estimate of drug-likeness (QED) is 0.757. The first-order chi connectivity index (χ1) is 9.51. The molecule has 0 bridgehead atoms. The average Bonchev–Trinajstić information content (AvgIpc) is 3.02. The van der Waals surface area contributed by atoms with Gasteiger partial charge >= 0.3 is 6.01 Å². The molecule has 0 aromatic carbocycles. The number of nitrogens with one attached hydrogen (secondary N) is 2. The van der Waals surface area contributed by atoms with E-state index >= 15 is 0 Å². The normalized spacial score (nSPS) is 11.9. The van der Waals surface area contributed by atoms with Crippen molar-refractivity contribution in [1.29, 1.82) is 0 Å². The second kappa shape index (κ2) is 4.49. The predicted molar refractivity (Wildman–Crippen MR) is 74.7 cm³/mol. The maximum atomic E-state index is 12.5. The number of sulfonamides is 1. The Hall–Kier alpha value is -2.07. The van der Waals surface area contributed by atoms with Crippen molar-refractivity contribution in [2.24, 2.45) is 0 Å². The lowest BCUT2D eigenvalue weighted by Gasteiger charge is -2.05. The number of hydrogen-bond acceptors (Lipinski definition) is 7. The standard InChI is InChI=1S/C10H11N5O3S2/c1-6-5-18-9(12-6)14-20(16,17)8-7(11-2)13-10-15(8)3-4-19-10/h3-5,11H,1-2H3,(H,12,14). The molecule has 10 heteroatoms. The second-order valence-corrected chi connectivity index (χ2v) is 6.44. The van der Waals surface area contributed by atoms with Crippen LogP contribution in [0.4, 0.5) is 11.8 Å². The van der Waals surface area contributed by atoms with E-state index < -0.39 is 10.0 Å². The zero-order valence-electron chi connectivity index (χ0n) is 10.6. The lowest BCUT2D eigenvalue weighted by atomic mass is 10.6. The first-order valence-corrected chi connectivity index (χ1v) is 7.96. The average molecular weight is 313 g/mol. The fourth-order valence-electron chi connectivity index (χ4n) is 1.75. The Morgan fingerprint density at radius 3 is 2.85 bits per heavy atom. The Balaban J connectivity index is 2.10. The maximum absolute atomic E-state index is 12.5. The van der Waals surface area contributed by atoms with Gasteiger partial charge in [-0.3, -0.25) is 4.40 Å². The molecule has 0 atom stereocenters. The summed E-state index contributed by atoms with van der Waals surface area (Å²) in [5.41, 5.74) is 0.588. The largest absolute Gasteiger partial charge is 0.431 e. The van der Waals surface area contributed by atoms with E-state index in [1.165, 1.54) is 22.0 Å². The van der Waals surface area contributed by atoms with Crippen molar-refractivity contribution in [2.75, 3.05) is 17.1 Å². The summed E-state index contributed by atoms with van der Waals surface area (Å²) >= 11 is 1.34. The van der Waals surface area contributed by atoms with Crippen LogP contribution in [-0.4, -0.2) is 29.8 Å². The number of anilines is 2. The number of oxazole rings is 1. The third-order valence-electron chi connectivity index (χ3n) is 2.55. The predicted octanol–water partition coefficient (Wildman–Crippen LogP) is 1.53. The molecule has 3 aromatic rings. The van der Waals surface area contributed by atoms with E-state index in [1.54, 1.807) is 25.5 Å². The number of imidazole rings is 1. The molecule has 0 radical (unpaired) electrons. The van der Waals surface area contributed by atoms with Gasteiger partial charge in [-0.2, -0.15) is 13.4 Å². The lowest BCUT2D eigenvalue weighted by molar-refractivity contribution is 0.568. The number of fused-ring (bicyclic) bond motifs is 1. The summed E-state index contributed by atoms with van der Waals surface area (Å²) in [7, 11) is -2.25. The molecule has 2 N–H and O–H groups in total. The highest BCUT2D eigenvalue weighted by Gasteiger charge is 2.27. The molecule has 0 amide bonds. The number of aryl methyl sites for hydroxylation is 1. The second-order valence-electron chi connectivity index (χ2n) is 3.97. The van der Waals surface area contributed by atoms with Crippen LogP contribution in [0.1, 0.15) is 5.69 Å². The molecule has 8 nitrogen and oxygen atoms in total. The molecule has 0 aliphatic rings. The minimum absolute atomic E-state index is 0.0205. The lowest BCUT2D eigenvalue weighted by Crippen LogP contribution is -2.16. The highest BCUT2D eigenvalue weighted by Crippen LogP contribution is 2.26. The Morgan fingerprint density at radius 2 is 2.20 bits per heavy atom. The molecule has 0 saturated carbocycles. The van der Waals surface area contributed by atoms with E-state index in [0.29, 0.717) is 10.7 Å². The van der Waals surface area contributed by atoms with Crippen molar-refractivity contribution < 1.29 is 12.8 Å². The number of thiazole rings is 1. The zero-order chi connectivity index (χ0) is 14.3. The first kappa shape index (κ1) is 12.9. The molecule has 3 aromatic heterocycles. The highest BCUT2D eigenvalue weighted by atomic mass is 32.2. The van der Waals surface area contributed by atoms with E-state index in [9.17, 15) is 8.42 Å². The fourth-order valence-corrected chi connectivity index (χ4v) is 3.75. The van der Waals surface area contributed by atoms with Crippen LogP contribution in [0.5, 0.6) is 0 Å². The van der Waals surface area contributed by atoms with Crippen molar-refractivity contribution in [2.45, 2.75) is 11.9 Å². The van der Waals surface area contributed by atoms with E-state index in [0.717, 1.165) is 0 Å². The van der Waals surface area contributed by atoms with Crippen LogP contribution in [0.2, 0.25) is 0 Å². The van der Waals surface area contributed by atoms with E-state index in [4.69, 9.17) is 4.42 Å². The van der Waals surface area contributed by atoms with Crippen LogP contribution in [0, 0.1) is 6.92 Å². The fraction of sp³-hybridized carbons (Fsp3) is 0.200. The molecule has 3 heterocycles. The van der Waals surface area contributed by atoms with Gasteiger partial charge in [-0.1, -0.05) is 0 Å². The minimum atomic E-state index is -3.86. The monoisotopic (exact) mass is 313 g/mol. The molecular weight excluding hydrogens is 302 g/mol. The third kappa shape index (κ3) is 2.02. The Labute approximate surface area is 118 Å². The Kier molecular flexibility index (Phi) is 2.91. The van der Waals surface area contributed by atoms with Crippen LogP contribution in [0.15, 0.2) is 27.3 Å². The smallest absolute Gasteiger partial charge is 0.309 e. The highest BCUT2D eigenvalue weighted by molar-refractivity contribution is 7.92. The maximum Gasteiger partial charge on any atom is 0.309 e. The molecule has 0 unspecified atom stereocenters. The van der Waals surface area contributed by atoms with Gasteiger partial charge in [-0.15, -0.1) is 11.3 Å². The molecule has 0 saturated heterocycles. The van der Waals surface area contributed by atoms with Gasteiger partial charge in [0, 0.05) is 18.6 Å². The summed E-state index contributed by atoms with van der Waals surface area (Å²) < 4.78 is 33.7. The summed E-state index contributed by atoms with van der Waals surface area (Å²) in [5, 5.41) is 4.55. The van der Waals surface area contributed by atoms with Gasteiger partial charge in [0.2, 0.25) is 5.03 Å². The Bertz CT molecular complexity index is 861. The van der Waals surface area contributed by atoms with Gasteiger partial charge in [0.1, 0.15) is 6.26 Å². The molecular formula is C10H11N5O3S2. The van der Waals surface area contributed by atoms with Gasteiger partial charge in [0.15, 0.2) is 10.8 Å². The zero-order valence-corrected chi connectivity index (χ0v) is 12.2. The summed E-state index contributed by atoms with van der Waals surface area (Å²) in [6.07, 6.45) is 3.01. The minimum Gasteiger partial charge on any atom is -0.431 e. The third-order valence-corrected chi connectivity index (χ3v) is 4.65. The number of hydrogen-bond donors (Lipinski definition) is 2. The van der Waals surface area contributed by atoms with Crippen LogP contribution < -0.4 is 10.0 Å². The summed E-state index contributed by atoms with van der Waals surface area (Å²) in [4.78, 5) is 8.71. The van der Waals surface area contributed by atoms with Crippen molar-refractivity contribution >= 4 is 38.2 Å². The molecule has 3 rings (SSSR count). The Morgan fingerprint density at radius 1 is 1.40 bits per heavy atom. The van der Waals surface area contributed by atoms with Crippen LogP contribution >= 0.6 is 11.3 Å².